The van der Waals surface area contributed by atoms with E-state index in [0.29, 0.717) is 6.92 Å². The molecule has 0 bridgehead atoms. The fraction of sp³-hybridized carbons (Fsp3) is 0.400. The molecule has 0 fully saturated rings. The molecule has 1 aromatic rings. The first-order chi connectivity index (χ1) is 7.27. The number of carbonyl (C=O) groups excluding carboxylic acids is 1. The van der Waals surface area contributed by atoms with Crippen LogP contribution in [0.3, 0.4) is 0 Å². The molecule has 0 unspecified atom stereocenters. The summed E-state index contributed by atoms with van der Waals surface area (Å²) >= 11 is 0. The van der Waals surface area contributed by atoms with Crippen LogP contribution in [-0.2, 0) is 5.92 Å². The summed E-state index contributed by atoms with van der Waals surface area (Å²) < 4.78 is 31.0. The Kier molecular flexibility index (Phi) is 3.11. The Morgan fingerprint density at radius 1 is 1.56 bits per heavy atom. The Hall–Kier alpha value is -1.72. The number of Topliss-reactive ketones (excluding diaryl/α,β-unsaturated/α-hetero) is 1. The molecule has 0 saturated heterocycles. The van der Waals surface area contributed by atoms with E-state index in [0.717, 1.165) is 6.07 Å². The number of pyridine rings is 1. The highest BCUT2D eigenvalue weighted by Gasteiger charge is 2.31. The second kappa shape index (κ2) is 4.03. The minimum absolute atomic E-state index is 0.0650. The van der Waals surface area contributed by atoms with Gasteiger partial charge in [-0.3, -0.25) is 4.79 Å². The SMILES string of the molecule is COc1nc(C(C)=O)c(N)cc1C(C)(F)F. The van der Waals surface area contributed by atoms with Gasteiger partial charge in [0.2, 0.25) is 5.88 Å². The maximum Gasteiger partial charge on any atom is 0.275 e. The summed E-state index contributed by atoms with van der Waals surface area (Å²) in [6.45, 7) is 1.96. The Balaban J connectivity index is 3.44. The summed E-state index contributed by atoms with van der Waals surface area (Å²) in [6, 6.07) is 1.02. The molecule has 0 saturated carbocycles. The van der Waals surface area contributed by atoms with Crippen LogP contribution in [0.1, 0.15) is 29.9 Å². The molecule has 4 nitrogen and oxygen atoms in total. The van der Waals surface area contributed by atoms with Crippen molar-refractivity contribution in [3.05, 3.63) is 17.3 Å². The highest BCUT2D eigenvalue weighted by atomic mass is 19.3. The fourth-order valence-corrected chi connectivity index (χ4v) is 1.26. The number of anilines is 1. The first-order valence-corrected chi connectivity index (χ1v) is 4.51. The molecule has 0 spiro atoms. The summed E-state index contributed by atoms with van der Waals surface area (Å²) in [5.41, 5.74) is 4.89. The highest BCUT2D eigenvalue weighted by Crippen LogP contribution is 2.35. The second-order valence-corrected chi connectivity index (χ2v) is 3.43. The molecule has 6 heteroatoms. The van der Waals surface area contributed by atoms with Crippen LogP contribution in [0, 0.1) is 0 Å². The number of nitrogen functional groups attached to an aromatic ring is 1. The van der Waals surface area contributed by atoms with Gasteiger partial charge in [-0.05, 0) is 6.07 Å². The van der Waals surface area contributed by atoms with Gasteiger partial charge in [0.1, 0.15) is 5.69 Å². The second-order valence-electron chi connectivity index (χ2n) is 3.43. The number of rotatable bonds is 3. The van der Waals surface area contributed by atoms with E-state index < -0.39 is 17.3 Å². The Morgan fingerprint density at radius 3 is 2.50 bits per heavy atom. The van der Waals surface area contributed by atoms with Crippen LogP contribution < -0.4 is 10.5 Å². The van der Waals surface area contributed by atoms with Crippen LogP contribution in [0.5, 0.6) is 5.88 Å². The van der Waals surface area contributed by atoms with E-state index >= 15 is 0 Å². The van der Waals surface area contributed by atoms with E-state index in [1.807, 2.05) is 0 Å². The Labute approximate surface area is 91.4 Å². The lowest BCUT2D eigenvalue weighted by Gasteiger charge is -2.15. The molecule has 88 valence electrons. The number of carbonyl (C=O) groups is 1. The van der Waals surface area contributed by atoms with Gasteiger partial charge in [-0.2, -0.15) is 0 Å². The van der Waals surface area contributed by atoms with Crippen LogP contribution in [0.15, 0.2) is 6.07 Å². The van der Waals surface area contributed by atoms with Crippen molar-refractivity contribution in [1.82, 2.24) is 4.98 Å². The van der Waals surface area contributed by atoms with E-state index in [1.165, 1.54) is 14.0 Å². The summed E-state index contributed by atoms with van der Waals surface area (Å²) in [5.74, 6) is -3.81. The monoisotopic (exact) mass is 230 g/mol. The van der Waals surface area contributed by atoms with Crippen molar-refractivity contribution in [2.24, 2.45) is 0 Å². The Morgan fingerprint density at radius 2 is 2.12 bits per heavy atom. The number of hydrogen-bond donors (Lipinski definition) is 1. The molecular formula is C10H12F2N2O2. The summed E-state index contributed by atoms with van der Waals surface area (Å²) in [7, 11) is 1.21. The predicted octanol–water partition coefficient (Wildman–Crippen LogP) is 1.99. The van der Waals surface area contributed by atoms with Gasteiger partial charge >= 0.3 is 0 Å². The molecule has 1 heterocycles. The van der Waals surface area contributed by atoms with Crippen LogP contribution in [0.25, 0.3) is 0 Å². The third kappa shape index (κ3) is 2.26. The lowest BCUT2D eigenvalue weighted by Crippen LogP contribution is -2.14. The average Bonchev–Trinajstić information content (AvgIpc) is 2.15. The number of hydrogen-bond acceptors (Lipinski definition) is 4. The molecule has 0 aliphatic carbocycles. The van der Waals surface area contributed by atoms with Gasteiger partial charge < -0.3 is 10.5 Å². The summed E-state index contributed by atoms with van der Waals surface area (Å²) in [4.78, 5) is 14.8. The molecule has 2 N–H and O–H groups in total. The molecular weight excluding hydrogens is 218 g/mol. The zero-order chi connectivity index (χ0) is 12.5. The number of halogens is 2. The molecule has 0 aliphatic heterocycles. The van der Waals surface area contributed by atoms with Crippen LogP contribution in [-0.4, -0.2) is 17.9 Å². The standard InChI is InChI=1S/C10H12F2N2O2/c1-5(15)8-7(13)4-6(10(2,11)12)9(14-8)16-3/h4H,13H2,1-3H3. The van der Waals surface area contributed by atoms with Crippen LogP contribution >= 0.6 is 0 Å². The number of nitrogens with two attached hydrogens (primary N) is 1. The van der Waals surface area contributed by atoms with Crippen molar-refractivity contribution >= 4 is 11.5 Å². The van der Waals surface area contributed by atoms with E-state index in [9.17, 15) is 13.6 Å². The third-order valence-corrected chi connectivity index (χ3v) is 2.02. The lowest BCUT2D eigenvalue weighted by atomic mass is 10.1. The molecule has 0 aliphatic rings. The van der Waals surface area contributed by atoms with Gasteiger partial charge in [-0.25, -0.2) is 13.8 Å². The molecule has 1 rings (SSSR count). The topological polar surface area (TPSA) is 65.2 Å². The maximum atomic E-state index is 13.2. The summed E-state index contributed by atoms with van der Waals surface area (Å²) in [6.07, 6.45) is 0. The van der Waals surface area contributed by atoms with Crippen molar-refractivity contribution < 1.29 is 18.3 Å². The molecule has 0 amide bonds. The first kappa shape index (κ1) is 12.4. The minimum atomic E-state index is -3.12. The van der Waals surface area contributed by atoms with E-state index in [4.69, 9.17) is 10.5 Å². The highest BCUT2D eigenvalue weighted by molar-refractivity contribution is 5.97. The normalized spacial score (nSPS) is 11.3. The number of ketones is 1. The van der Waals surface area contributed by atoms with Crippen LogP contribution in [0.2, 0.25) is 0 Å². The van der Waals surface area contributed by atoms with Crippen molar-refractivity contribution in [1.29, 1.82) is 0 Å². The Bertz CT molecular complexity index is 428. The van der Waals surface area contributed by atoms with Crippen molar-refractivity contribution in [2.75, 3.05) is 12.8 Å². The van der Waals surface area contributed by atoms with E-state index in [-0.39, 0.29) is 17.3 Å². The largest absolute Gasteiger partial charge is 0.481 e. The van der Waals surface area contributed by atoms with Crippen LogP contribution in [0.4, 0.5) is 14.5 Å². The average molecular weight is 230 g/mol. The van der Waals surface area contributed by atoms with E-state index in [1.54, 1.807) is 0 Å². The third-order valence-electron chi connectivity index (χ3n) is 2.02. The maximum absolute atomic E-state index is 13.2. The number of methoxy groups -OCH3 is 1. The first-order valence-electron chi connectivity index (χ1n) is 4.51. The molecule has 0 radical (unpaired) electrons. The quantitative estimate of drug-likeness (QED) is 0.806. The van der Waals surface area contributed by atoms with E-state index in [2.05, 4.69) is 4.98 Å². The van der Waals surface area contributed by atoms with Gasteiger partial charge in [0.15, 0.2) is 5.78 Å². The lowest BCUT2D eigenvalue weighted by molar-refractivity contribution is 0.0144. The van der Waals surface area contributed by atoms with Crippen molar-refractivity contribution in [3.8, 4) is 5.88 Å². The number of aromatic nitrogens is 1. The van der Waals surface area contributed by atoms with Gasteiger partial charge in [0, 0.05) is 13.8 Å². The van der Waals surface area contributed by atoms with Gasteiger partial charge in [-0.15, -0.1) is 0 Å². The van der Waals surface area contributed by atoms with Crippen molar-refractivity contribution in [2.45, 2.75) is 19.8 Å². The fourth-order valence-electron chi connectivity index (χ4n) is 1.26. The number of ether oxygens (including phenoxy) is 1. The molecule has 16 heavy (non-hydrogen) atoms. The predicted molar refractivity (Wildman–Crippen MR) is 54.8 cm³/mol. The molecule has 0 atom stereocenters. The summed E-state index contributed by atoms with van der Waals surface area (Å²) in [5, 5.41) is 0. The molecule has 0 aromatic carbocycles. The van der Waals surface area contributed by atoms with Gasteiger partial charge in [-0.1, -0.05) is 0 Å². The minimum Gasteiger partial charge on any atom is -0.481 e. The van der Waals surface area contributed by atoms with Gasteiger partial charge in [0.05, 0.1) is 18.4 Å². The van der Waals surface area contributed by atoms with Crippen molar-refractivity contribution in [3.63, 3.8) is 0 Å². The zero-order valence-electron chi connectivity index (χ0n) is 9.17. The molecule has 1 aromatic heterocycles. The number of nitrogens with zero attached hydrogens (tertiary/aromatic N) is 1. The van der Waals surface area contributed by atoms with Gasteiger partial charge in [0.25, 0.3) is 5.92 Å². The number of alkyl halides is 2. The smallest absolute Gasteiger partial charge is 0.275 e. The zero-order valence-corrected chi connectivity index (χ0v) is 9.17.